The molecule has 21 heavy (non-hydrogen) atoms. The van der Waals surface area contributed by atoms with E-state index in [1.807, 2.05) is 25.7 Å². The van der Waals surface area contributed by atoms with Gasteiger partial charge in [-0.25, -0.2) is 13.8 Å². The molecule has 1 aromatic rings. The minimum atomic E-state index is -0.654. The molecule has 0 amide bonds. The molecule has 1 aliphatic heterocycles. The Morgan fingerprint density at radius 2 is 2.14 bits per heavy atom. The zero-order chi connectivity index (χ0) is 15.4. The third kappa shape index (κ3) is 3.61. The Hall–Kier alpha value is -1.43. The number of nitrogens with one attached hydrogen (secondary N) is 1. The highest BCUT2D eigenvalue weighted by Crippen LogP contribution is 2.27. The van der Waals surface area contributed by atoms with Gasteiger partial charge < -0.3 is 15.0 Å². The lowest BCUT2D eigenvalue weighted by molar-refractivity contribution is 0.0293. The van der Waals surface area contributed by atoms with Crippen molar-refractivity contribution in [2.24, 2.45) is 0 Å². The molecule has 118 valence electrons. The Morgan fingerprint density at radius 3 is 2.81 bits per heavy atom. The van der Waals surface area contributed by atoms with Gasteiger partial charge in [0.05, 0.1) is 18.8 Å². The minimum Gasteiger partial charge on any atom is -0.375 e. The van der Waals surface area contributed by atoms with E-state index in [-0.39, 0.29) is 23.8 Å². The molecule has 1 N–H and O–H groups in total. The first-order valence-corrected chi connectivity index (χ1v) is 7.54. The third-order valence-corrected chi connectivity index (χ3v) is 3.66. The molecular formula is C15H23F2N3O. The van der Waals surface area contributed by atoms with E-state index in [0.717, 1.165) is 18.9 Å². The number of aromatic nitrogens is 1. The van der Waals surface area contributed by atoms with E-state index in [4.69, 9.17) is 4.74 Å². The first-order chi connectivity index (χ1) is 10.1. The number of hydrogen-bond acceptors (Lipinski definition) is 4. The van der Waals surface area contributed by atoms with Crippen LogP contribution in [0, 0.1) is 11.6 Å². The lowest BCUT2D eigenvalue weighted by Gasteiger charge is -2.39. The number of morpholine rings is 1. The van der Waals surface area contributed by atoms with Crippen molar-refractivity contribution in [3.63, 3.8) is 0 Å². The van der Waals surface area contributed by atoms with Gasteiger partial charge in [0.2, 0.25) is 0 Å². The molecule has 1 saturated heterocycles. The van der Waals surface area contributed by atoms with Crippen LogP contribution >= 0.6 is 0 Å². The molecule has 0 aliphatic carbocycles. The summed E-state index contributed by atoms with van der Waals surface area (Å²) in [5.74, 6) is -0.958. The van der Waals surface area contributed by atoms with E-state index in [0.29, 0.717) is 19.7 Å². The highest BCUT2D eigenvalue weighted by molar-refractivity contribution is 5.50. The second-order valence-corrected chi connectivity index (χ2v) is 5.41. The summed E-state index contributed by atoms with van der Waals surface area (Å²) in [4.78, 5) is 6.06. The quantitative estimate of drug-likeness (QED) is 0.906. The molecule has 2 atom stereocenters. The lowest BCUT2D eigenvalue weighted by atomic mass is 10.1. The normalized spacial score (nSPS) is 22.4. The van der Waals surface area contributed by atoms with Gasteiger partial charge in [0.1, 0.15) is 0 Å². The van der Waals surface area contributed by atoms with Gasteiger partial charge in [0.25, 0.3) is 0 Å². The minimum absolute atomic E-state index is 0.00565. The number of ether oxygens (including phenoxy) is 1. The second-order valence-electron chi connectivity index (χ2n) is 5.41. The number of halogens is 2. The van der Waals surface area contributed by atoms with Crippen LogP contribution in [0.15, 0.2) is 6.07 Å². The van der Waals surface area contributed by atoms with Gasteiger partial charge in [0, 0.05) is 19.2 Å². The molecule has 0 radical (unpaired) electrons. The molecule has 0 aromatic carbocycles. The standard InChI is InChI=1S/C15H23F2N3O/c1-4-6-18-14-12(16)7-13(17)15(19-14)20-8-10(3)21-9-11(20)5-2/h7,10-11H,4-6,8-9H2,1-3H3,(H,18,19). The first-order valence-electron chi connectivity index (χ1n) is 7.54. The van der Waals surface area contributed by atoms with Gasteiger partial charge in [-0.2, -0.15) is 0 Å². The summed E-state index contributed by atoms with van der Waals surface area (Å²) < 4.78 is 33.5. The van der Waals surface area contributed by atoms with Crippen LogP contribution in [0.2, 0.25) is 0 Å². The van der Waals surface area contributed by atoms with Crippen LogP contribution in [0.5, 0.6) is 0 Å². The molecule has 2 rings (SSSR count). The first kappa shape index (κ1) is 15.9. The maximum atomic E-state index is 14.2. The summed E-state index contributed by atoms with van der Waals surface area (Å²) in [7, 11) is 0. The van der Waals surface area contributed by atoms with Gasteiger partial charge in [-0.3, -0.25) is 0 Å². The highest BCUT2D eigenvalue weighted by atomic mass is 19.1. The Bertz CT molecular complexity index is 484. The van der Waals surface area contributed by atoms with Gasteiger partial charge >= 0.3 is 0 Å². The summed E-state index contributed by atoms with van der Waals surface area (Å²) >= 11 is 0. The Kier molecular flexibility index (Phi) is 5.33. The van der Waals surface area contributed by atoms with Crippen molar-refractivity contribution >= 4 is 11.6 Å². The van der Waals surface area contributed by atoms with Crippen molar-refractivity contribution in [3.8, 4) is 0 Å². The van der Waals surface area contributed by atoms with Crippen LogP contribution in [0.4, 0.5) is 20.4 Å². The lowest BCUT2D eigenvalue weighted by Crippen LogP contribution is -2.49. The Balaban J connectivity index is 2.31. The smallest absolute Gasteiger partial charge is 0.168 e. The zero-order valence-corrected chi connectivity index (χ0v) is 12.8. The SMILES string of the molecule is CCCNc1nc(N2CC(C)OCC2CC)c(F)cc1F. The van der Waals surface area contributed by atoms with Crippen LogP contribution in [0.3, 0.4) is 0 Å². The summed E-state index contributed by atoms with van der Waals surface area (Å²) in [6.45, 7) is 7.64. The van der Waals surface area contributed by atoms with Crippen molar-refractivity contribution in [1.29, 1.82) is 0 Å². The molecule has 1 fully saturated rings. The van der Waals surface area contributed by atoms with E-state index in [9.17, 15) is 8.78 Å². The summed E-state index contributed by atoms with van der Waals surface area (Å²) in [6, 6.07) is 0.973. The number of nitrogens with zero attached hydrogens (tertiary/aromatic N) is 2. The van der Waals surface area contributed by atoms with Crippen molar-refractivity contribution in [2.75, 3.05) is 29.9 Å². The average Bonchev–Trinajstić information content (AvgIpc) is 2.46. The largest absolute Gasteiger partial charge is 0.375 e. The zero-order valence-electron chi connectivity index (χ0n) is 12.8. The second kappa shape index (κ2) is 7.02. The van der Waals surface area contributed by atoms with Crippen LogP contribution in [-0.4, -0.2) is 36.8 Å². The molecule has 4 nitrogen and oxygen atoms in total. The van der Waals surface area contributed by atoms with Crippen molar-refractivity contribution in [1.82, 2.24) is 4.98 Å². The molecule has 2 heterocycles. The predicted octanol–water partition coefficient (Wildman–Crippen LogP) is 3.19. The number of pyridine rings is 1. The average molecular weight is 299 g/mol. The van der Waals surface area contributed by atoms with Crippen molar-refractivity contribution in [2.45, 2.75) is 45.8 Å². The van der Waals surface area contributed by atoms with Crippen LogP contribution in [0.25, 0.3) is 0 Å². The molecule has 1 aromatic heterocycles. The summed E-state index contributed by atoms with van der Waals surface area (Å²) in [5.41, 5.74) is 0. The molecule has 6 heteroatoms. The van der Waals surface area contributed by atoms with Crippen LogP contribution < -0.4 is 10.2 Å². The molecule has 0 spiro atoms. The van der Waals surface area contributed by atoms with E-state index in [1.54, 1.807) is 0 Å². The van der Waals surface area contributed by atoms with E-state index >= 15 is 0 Å². The molecule has 2 unspecified atom stereocenters. The fourth-order valence-corrected chi connectivity index (χ4v) is 2.47. The van der Waals surface area contributed by atoms with Gasteiger partial charge in [-0.05, 0) is 19.8 Å². The van der Waals surface area contributed by atoms with E-state index in [2.05, 4.69) is 10.3 Å². The molecule has 0 saturated carbocycles. The van der Waals surface area contributed by atoms with E-state index < -0.39 is 11.6 Å². The fourth-order valence-electron chi connectivity index (χ4n) is 2.47. The monoisotopic (exact) mass is 299 g/mol. The van der Waals surface area contributed by atoms with E-state index in [1.165, 1.54) is 0 Å². The maximum Gasteiger partial charge on any atom is 0.168 e. The summed E-state index contributed by atoms with van der Waals surface area (Å²) in [6.07, 6.45) is 1.68. The van der Waals surface area contributed by atoms with Crippen LogP contribution in [-0.2, 0) is 4.74 Å². The number of hydrogen-bond donors (Lipinski definition) is 1. The Labute approximate surface area is 124 Å². The molecule has 1 aliphatic rings. The molecular weight excluding hydrogens is 276 g/mol. The van der Waals surface area contributed by atoms with Crippen molar-refractivity contribution in [3.05, 3.63) is 17.7 Å². The highest BCUT2D eigenvalue weighted by Gasteiger charge is 2.29. The Morgan fingerprint density at radius 1 is 1.38 bits per heavy atom. The summed E-state index contributed by atoms with van der Waals surface area (Å²) in [5, 5.41) is 2.90. The maximum absolute atomic E-state index is 14.2. The number of rotatable bonds is 5. The van der Waals surface area contributed by atoms with Crippen LogP contribution in [0.1, 0.15) is 33.6 Å². The topological polar surface area (TPSA) is 37.4 Å². The predicted molar refractivity (Wildman–Crippen MR) is 79.8 cm³/mol. The van der Waals surface area contributed by atoms with Gasteiger partial charge in [-0.1, -0.05) is 13.8 Å². The number of anilines is 2. The third-order valence-electron chi connectivity index (χ3n) is 3.66. The van der Waals surface area contributed by atoms with Crippen molar-refractivity contribution < 1.29 is 13.5 Å². The van der Waals surface area contributed by atoms with Gasteiger partial charge in [-0.15, -0.1) is 0 Å². The molecule has 0 bridgehead atoms. The fraction of sp³-hybridized carbons (Fsp3) is 0.667. The van der Waals surface area contributed by atoms with Gasteiger partial charge in [0.15, 0.2) is 23.3 Å².